The van der Waals surface area contributed by atoms with Gasteiger partial charge in [0, 0.05) is 43.9 Å². The molecule has 1 saturated carbocycles. The average Bonchev–Trinajstić information content (AvgIpc) is 3.41. The molecule has 1 unspecified atom stereocenters. The van der Waals surface area contributed by atoms with E-state index in [2.05, 4.69) is 30.5 Å². The van der Waals surface area contributed by atoms with E-state index in [-0.39, 0.29) is 44.3 Å². The van der Waals surface area contributed by atoms with Crippen LogP contribution in [-0.2, 0) is 42.3 Å². The summed E-state index contributed by atoms with van der Waals surface area (Å²) in [5.41, 5.74) is 5.31. The number of phosphoric acid groups is 1. The minimum absolute atomic E-state index is 0.0336. The number of allylic oxidation sites excluding steroid dienone is 2. The molecule has 324 valence electrons. The summed E-state index contributed by atoms with van der Waals surface area (Å²) in [5, 5.41) is 40.1. The molecule has 0 spiro atoms. The van der Waals surface area contributed by atoms with Gasteiger partial charge in [0.05, 0.1) is 31.5 Å². The zero-order valence-electron chi connectivity index (χ0n) is 33.5. The number of aliphatic carboxylic acids is 1. The Morgan fingerprint density at radius 1 is 0.786 bits per heavy atom. The van der Waals surface area contributed by atoms with Gasteiger partial charge in [-0.3, -0.25) is 28.2 Å². The predicted molar refractivity (Wildman–Crippen MR) is 210 cm³/mol. The van der Waals surface area contributed by atoms with E-state index in [0.717, 1.165) is 57.8 Å². The topological polar surface area (TPSA) is 249 Å². The molecule has 15 nitrogen and oxygen atoms in total. The predicted octanol–water partition coefficient (Wildman–Crippen LogP) is 5.84. The van der Waals surface area contributed by atoms with Crippen LogP contribution in [0.15, 0.2) is 24.3 Å². The van der Waals surface area contributed by atoms with Crippen molar-refractivity contribution in [2.24, 2.45) is 17.6 Å². The third kappa shape index (κ3) is 25.0. The Morgan fingerprint density at radius 2 is 1.39 bits per heavy atom. The molecule has 0 heterocycles. The van der Waals surface area contributed by atoms with Gasteiger partial charge in [-0.2, -0.15) is 0 Å². The smallest absolute Gasteiger partial charge is 0.472 e. The SMILES string of the molecule is CCCC/C=C\CCCCCCCC(=O)OC[C@H](COP(=O)(O)OC[C@H](N)C(=O)O)OC(=O)CCCCC(=O)C[C@@H]1[C@@H](/C=C/[C@@H](O)CCCCC)[C@H](O)C[C@@H]1O. The number of aliphatic hydroxyl groups is 3. The molecule has 1 aliphatic rings. The van der Waals surface area contributed by atoms with Crippen LogP contribution in [0.3, 0.4) is 0 Å². The molecule has 0 aromatic heterocycles. The van der Waals surface area contributed by atoms with Crippen molar-refractivity contribution in [3.63, 3.8) is 0 Å². The van der Waals surface area contributed by atoms with Gasteiger partial charge in [0.1, 0.15) is 18.4 Å². The highest BCUT2D eigenvalue weighted by Gasteiger charge is 2.41. The summed E-state index contributed by atoms with van der Waals surface area (Å²) >= 11 is 0. The van der Waals surface area contributed by atoms with Crippen LogP contribution in [0.2, 0.25) is 0 Å². The summed E-state index contributed by atoms with van der Waals surface area (Å²) in [7, 11) is -4.82. The minimum atomic E-state index is -4.82. The monoisotopic (exact) mass is 819 g/mol. The summed E-state index contributed by atoms with van der Waals surface area (Å²) in [6, 6.07) is -1.58. The van der Waals surface area contributed by atoms with Crippen LogP contribution in [0.4, 0.5) is 0 Å². The first-order valence-electron chi connectivity index (χ1n) is 20.5. The Morgan fingerprint density at radius 3 is 2.09 bits per heavy atom. The van der Waals surface area contributed by atoms with E-state index in [4.69, 9.17) is 24.8 Å². The molecule has 0 saturated heterocycles. The number of hydrogen-bond donors (Lipinski definition) is 6. The molecule has 0 aromatic rings. The zero-order valence-corrected chi connectivity index (χ0v) is 34.4. The van der Waals surface area contributed by atoms with Crippen molar-refractivity contribution in [3.8, 4) is 0 Å². The summed E-state index contributed by atoms with van der Waals surface area (Å²) in [4.78, 5) is 58.9. The molecule has 1 fully saturated rings. The molecule has 7 N–H and O–H groups in total. The van der Waals surface area contributed by atoms with E-state index in [0.29, 0.717) is 19.3 Å². The van der Waals surface area contributed by atoms with Crippen molar-refractivity contribution in [2.75, 3.05) is 19.8 Å². The first kappa shape index (κ1) is 51.5. The third-order valence-electron chi connectivity index (χ3n) is 9.65. The maximum atomic E-state index is 12.8. The Balaban J connectivity index is 2.59. The summed E-state index contributed by atoms with van der Waals surface area (Å²) in [6.45, 7) is 2.24. The lowest BCUT2D eigenvalue weighted by atomic mass is 9.87. The summed E-state index contributed by atoms with van der Waals surface area (Å²) in [6.07, 6.45) is 17.5. The fraction of sp³-hybridized carbons (Fsp3) is 0.800. The van der Waals surface area contributed by atoms with Crippen molar-refractivity contribution in [2.45, 2.75) is 173 Å². The van der Waals surface area contributed by atoms with Crippen LogP contribution in [0, 0.1) is 11.8 Å². The number of carboxylic acids is 1. The van der Waals surface area contributed by atoms with Gasteiger partial charge in [-0.05, 0) is 44.9 Å². The molecule has 8 atom stereocenters. The highest BCUT2D eigenvalue weighted by atomic mass is 31.2. The second-order valence-corrected chi connectivity index (χ2v) is 16.2. The lowest BCUT2D eigenvalue weighted by molar-refractivity contribution is -0.161. The van der Waals surface area contributed by atoms with Crippen molar-refractivity contribution >= 4 is 31.5 Å². The quantitative estimate of drug-likeness (QED) is 0.0193. The second kappa shape index (κ2) is 30.6. The number of phosphoric ester groups is 1. The van der Waals surface area contributed by atoms with E-state index in [1.807, 2.05) is 0 Å². The number of aliphatic hydroxyl groups excluding tert-OH is 3. The van der Waals surface area contributed by atoms with Gasteiger partial charge in [-0.25, -0.2) is 4.57 Å². The normalized spacial score (nSPS) is 21.2. The summed E-state index contributed by atoms with van der Waals surface area (Å²) in [5.74, 6) is -3.84. The van der Waals surface area contributed by atoms with Crippen LogP contribution >= 0.6 is 7.82 Å². The number of Topliss-reactive ketones (excluding diaryl/α,β-unsaturated/α-hetero) is 1. The lowest BCUT2D eigenvalue weighted by Crippen LogP contribution is -2.34. The maximum Gasteiger partial charge on any atom is 0.472 e. The molecule has 1 aliphatic carbocycles. The van der Waals surface area contributed by atoms with Crippen LogP contribution < -0.4 is 5.73 Å². The van der Waals surface area contributed by atoms with Crippen molar-refractivity contribution in [1.82, 2.24) is 0 Å². The number of ketones is 1. The van der Waals surface area contributed by atoms with E-state index >= 15 is 0 Å². The Hall–Kier alpha value is -2.49. The van der Waals surface area contributed by atoms with Crippen LogP contribution in [0.25, 0.3) is 0 Å². The maximum absolute atomic E-state index is 12.8. The number of rotatable bonds is 34. The van der Waals surface area contributed by atoms with Gasteiger partial charge in [-0.1, -0.05) is 89.5 Å². The fourth-order valence-corrected chi connectivity index (χ4v) is 7.05. The van der Waals surface area contributed by atoms with Crippen LogP contribution in [0.5, 0.6) is 0 Å². The van der Waals surface area contributed by atoms with Gasteiger partial charge in [0.25, 0.3) is 0 Å². The third-order valence-corrected chi connectivity index (χ3v) is 10.6. The number of ether oxygens (including phenoxy) is 2. The first-order valence-corrected chi connectivity index (χ1v) is 22.0. The van der Waals surface area contributed by atoms with Crippen molar-refractivity contribution < 1.29 is 67.6 Å². The molecule has 0 radical (unpaired) electrons. The minimum Gasteiger partial charge on any atom is -0.480 e. The van der Waals surface area contributed by atoms with E-state index in [1.165, 1.54) is 12.8 Å². The number of unbranched alkanes of at least 4 members (excludes halogenated alkanes) is 10. The molecule has 56 heavy (non-hydrogen) atoms. The van der Waals surface area contributed by atoms with E-state index in [9.17, 15) is 44.0 Å². The standard InChI is InChI=1S/C40H70NO14P/c1-3-5-7-8-9-10-11-12-13-14-16-21-38(46)52-27-32(28-53-56(50,51)54-29-35(41)40(48)49)55-39(47)22-18-17-20-31(43)25-34-33(36(44)26-37(34)45)24-23-30(42)19-15-6-4-2/h8-9,23-24,30,32-37,42,44-45H,3-7,10-22,25-29,41H2,1-2H3,(H,48,49)(H,50,51)/b9-8-,24-23+/t30-,32+,33+,34+,35-,36+,37-/m0/s1. The number of hydrogen-bond acceptors (Lipinski definition) is 13. The van der Waals surface area contributed by atoms with Gasteiger partial charge >= 0.3 is 25.7 Å². The highest BCUT2D eigenvalue weighted by molar-refractivity contribution is 7.47. The molecule has 0 amide bonds. The number of esters is 2. The fourth-order valence-electron chi connectivity index (χ4n) is 6.28. The second-order valence-electron chi connectivity index (χ2n) is 14.7. The molecule has 0 bridgehead atoms. The Kier molecular flexibility index (Phi) is 28.1. The molecular formula is C40H70NO14P. The Labute approximate surface area is 333 Å². The van der Waals surface area contributed by atoms with Crippen LogP contribution in [-0.4, -0.2) is 99.3 Å². The van der Waals surface area contributed by atoms with Gasteiger partial charge < -0.3 is 40.5 Å². The number of carbonyl (C=O) groups excluding carboxylic acids is 3. The summed E-state index contributed by atoms with van der Waals surface area (Å²) < 4.78 is 32.5. The first-order chi connectivity index (χ1) is 26.7. The van der Waals surface area contributed by atoms with Gasteiger partial charge in [-0.15, -0.1) is 0 Å². The van der Waals surface area contributed by atoms with Crippen molar-refractivity contribution in [3.05, 3.63) is 24.3 Å². The molecular weight excluding hydrogens is 749 g/mol. The van der Waals surface area contributed by atoms with Gasteiger partial charge in [0.2, 0.25) is 0 Å². The Bertz CT molecular complexity index is 1230. The number of nitrogens with two attached hydrogens (primary N) is 1. The molecule has 16 heteroatoms. The molecule has 0 aliphatic heterocycles. The van der Waals surface area contributed by atoms with Crippen molar-refractivity contribution in [1.29, 1.82) is 0 Å². The zero-order chi connectivity index (χ0) is 41.8. The number of carboxylic acid groups (broad SMARTS) is 1. The van der Waals surface area contributed by atoms with Crippen LogP contribution in [0.1, 0.15) is 142 Å². The van der Waals surface area contributed by atoms with Gasteiger partial charge in [0.15, 0.2) is 6.10 Å². The van der Waals surface area contributed by atoms with E-state index < -0.39 is 87.8 Å². The number of carbonyl (C=O) groups is 4. The molecule has 0 aromatic carbocycles. The lowest BCUT2D eigenvalue weighted by Gasteiger charge is -2.21. The van der Waals surface area contributed by atoms with E-state index in [1.54, 1.807) is 12.2 Å². The molecule has 1 rings (SSSR count). The average molecular weight is 820 g/mol. The largest absolute Gasteiger partial charge is 0.480 e. The highest BCUT2D eigenvalue weighted by Crippen LogP contribution is 2.43.